The topological polar surface area (TPSA) is 17.1 Å². The maximum Gasteiger partial charge on any atom is 0.162 e. The molecule has 2 heteroatoms. The quantitative estimate of drug-likeness (QED) is 0.501. The maximum absolute atomic E-state index is 11.1. The van der Waals surface area contributed by atoms with Gasteiger partial charge >= 0.3 is 0 Å². The van der Waals surface area contributed by atoms with Crippen molar-refractivity contribution in [2.24, 2.45) is 5.92 Å². The number of carbonyl (C=O) groups excluding carboxylic acids is 1. The van der Waals surface area contributed by atoms with E-state index < -0.39 is 0 Å². The van der Waals surface area contributed by atoms with Crippen LogP contribution in [0.3, 0.4) is 0 Å². The van der Waals surface area contributed by atoms with Crippen LogP contribution in [0.4, 0.5) is 0 Å². The molecular weight excluding hydrogens is 204 g/mol. The van der Waals surface area contributed by atoms with Gasteiger partial charge in [0, 0.05) is 0 Å². The van der Waals surface area contributed by atoms with Crippen LogP contribution in [-0.2, 0) is 4.79 Å². The molecule has 56 valence electrons. The highest BCUT2D eigenvalue weighted by Crippen LogP contribution is 2.03. The third kappa shape index (κ3) is 2.36. The van der Waals surface area contributed by atoms with E-state index in [1.165, 1.54) is 0 Å². The lowest BCUT2D eigenvalue weighted by Crippen LogP contribution is -2.10. The highest BCUT2D eigenvalue weighted by atomic mass is 79.9. The van der Waals surface area contributed by atoms with E-state index in [0.29, 0.717) is 5.33 Å². The second-order valence-corrected chi connectivity index (χ2v) is 2.67. The van der Waals surface area contributed by atoms with Gasteiger partial charge in [-0.1, -0.05) is 46.0 Å². The number of alkyl halides is 1. The summed E-state index contributed by atoms with van der Waals surface area (Å²) >= 11 is 3.10. The first-order chi connectivity index (χ1) is 5.34. The van der Waals surface area contributed by atoms with Crippen molar-refractivity contribution in [3.8, 4) is 11.8 Å². The van der Waals surface area contributed by atoms with Gasteiger partial charge in [0.15, 0.2) is 5.78 Å². The molecule has 0 heterocycles. The molecule has 0 saturated carbocycles. The third-order valence-electron chi connectivity index (χ3n) is 1.31. The van der Waals surface area contributed by atoms with E-state index >= 15 is 0 Å². The van der Waals surface area contributed by atoms with E-state index in [9.17, 15) is 4.79 Å². The molecule has 0 saturated heterocycles. The number of halogens is 1. The molecule has 1 aliphatic carbocycles. The summed E-state index contributed by atoms with van der Waals surface area (Å²) in [5.74, 6) is 5.48. The second-order valence-electron chi connectivity index (χ2n) is 2.11. The molecule has 0 aromatic carbocycles. The van der Waals surface area contributed by atoms with E-state index in [1.54, 1.807) is 12.2 Å². The largest absolute Gasteiger partial charge is 0.297 e. The minimum atomic E-state index is -0.232. The first kappa shape index (κ1) is 8.29. The van der Waals surface area contributed by atoms with Crippen molar-refractivity contribution in [2.75, 3.05) is 5.33 Å². The Bertz CT molecular complexity index is 265. The standard InChI is InChI=1S/C9H7BrO/c10-7-9(11)8-5-3-1-2-4-6-8/h1-3,5,8H,7H2. The van der Waals surface area contributed by atoms with Gasteiger partial charge in [-0.15, -0.1) is 0 Å². The lowest BCUT2D eigenvalue weighted by molar-refractivity contribution is -0.117. The predicted octanol–water partition coefficient (Wildman–Crippen LogP) is 1.70. The molecule has 1 unspecified atom stereocenters. The molecule has 0 aromatic rings. The number of carbonyl (C=O) groups is 1. The monoisotopic (exact) mass is 210 g/mol. The predicted molar refractivity (Wildman–Crippen MR) is 48.3 cm³/mol. The number of rotatable bonds is 2. The normalized spacial score (nSPS) is 20.3. The minimum Gasteiger partial charge on any atom is -0.297 e. The Morgan fingerprint density at radius 2 is 2.36 bits per heavy atom. The molecule has 1 nitrogen and oxygen atoms in total. The fourth-order valence-electron chi connectivity index (χ4n) is 0.736. The molecule has 11 heavy (non-hydrogen) atoms. The SMILES string of the molecule is O=C(CBr)C1C#CC=CC=C1. The molecule has 0 aliphatic heterocycles. The van der Waals surface area contributed by atoms with E-state index in [0.717, 1.165) is 0 Å². The summed E-state index contributed by atoms with van der Waals surface area (Å²) in [7, 11) is 0. The molecule has 0 N–H and O–H groups in total. The van der Waals surface area contributed by atoms with Crippen LogP contribution >= 0.6 is 15.9 Å². The highest BCUT2D eigenvalue weighted by molar-refractivity contribution is 9.09. The van der Waals surface area contributed by atoms with Crippen molar-refractivity contribution >= 4 is 21.7 Å². The Morgan fingerprint density at radius 1 is 1.55 bits per heavy atom. The van der Waals surface area contributed by atoms with Crippen molar-refractivity contribution in [3.05, 3.63) is 24.3 Å². The smallest absolute Gasteiger partial charge is 0.162 e. The number of hydrogen-bond acceptors (Lipinski definition) is 1. The van der Waals surface area contributed by atoms with E-state index in [1.807, 2.05) is 12.2 Å². The number of allylic oxidation sites excluding steroid dienone is 4. The van der Waals surface area contributed by atoms with Gasteiger partial charge in [0.2, 0.25) is 0 Å². The molecule has 1 atom stereocenters. The molecule has 1 aliphatic rings. The van der Waals surface area contributed by atoms with Crippen LogP contribution in [0.2, 0.25) is 0 Å². The minimum absolute atomic E-state index is 0.109. The maximum atomic E-state index is 11.1. The van der Waals surface area contributed by atoms with E-state index in [4.69, 9.17) is 0 Å². The van der Waals surface area contributed by atoms with Crippen LogP contribution in [0, 0.1) is 17.8 Å². The number of ketones is 1. The van der Waals surface area contributed by atoms with Crippen molar-refractivity contribution in [1.82, 2.24) is 0 Å². The van der Waals surface area contributed by atoms with Crippen LogP contribution in [0.1, 0.15) is 0 Å². The molecule has 1 rings (SSSR count). The Kier molecular flexibility index (Phi) is 3.13. The van der Waals surface area contributed by atoms with Crippen LogP contribution in [0.15, 0.2) is 24.3 Å². The van der Waals surface area contributed by atoms with Crippen LogP contribution in [0.5, 0.6) is 0 Å². The first-order valence-electron chi connectivity index (χ1n) is 3.27. The molecular formula is C9H7BrO. The van der Waals surface area contributed by atoms with Gasteiger partial charge in [0.05, 0.1) is 11.2 Å². The van der Waals surface area contributed by atoms with Gasteiger partial charge in [-0.05, 0) is 6.08 Å². The van der Waals surface area contributed by atoms with E-state index in [-0.39, 0.29) is 11.7 Å². The lowest BCUT2D eigenvalue weighted by atomic mass is 10.1. The van der Waals surface area contributed by atoms with Crippen molar-refractivity contribution in [1.29, 1.82) is 0 Å². The first-order valence-corrected chi connectivity index (χ1v) is 4.40. The van der Waals surface area contributed by atoms with Crippen molar-refractivity contribution in [3.63, 3.8) is 0 Å². The van der Waals surface area contributed by atoms with Gasteiger partial charge in [0.25, 0.3) is 0 Å². The molecule has 0 bridgehead atoms. The van der Waals surface area contributed by atoms with Gasteiger partial charge in [-0.3, -0.25) is 4.79 Å². The zero-order valence-electron chi connectivity index (χ0n) is 5.88. The Hall–Kier alpha value is -0.810. The summed E-state index contributed by atoms with van der Waals surface area (Å²) in [5, 5.41) is 0.372. The van der Waals surface area contributed by atoms with Crippen LogP contribution in [0.25, 0.3) is 0 Å². The second kappa shape index (κ2) is 4.15. The fraction of sp³-hybridized carbons (Fsp3) is 0.222. The van der Waals surface area contributed by atoms with Gasteiger partial charge < -0.3 is 0 Å². The van der Waals surface area contributed by atoms with E-state index in [2.05, 4.69) is 27.8 Å². The zero-order valence-corrected chi connectivity index (χ0v) is 7.47. The lowest BCUT2D eigenvalue weighted by Gasteiger charge is -1.98. The Morgan fingerprint density at radius 3 is 3.09 bits per heavy atom. The number of Topliss-reactive ketones (excluding diaryl/α,β-unsaturated/α-hetero) is 1. The fourth-order valence-corrected chi connectivity index (χ4v) is 1.08. The van der Waals surface area contributed by atoms with Crippen molar-refractivity contribution in [2.45, 2.75) is 0 Å². The summed E-state index contributed by atoms with van der Waals surface area (Å²) in [6.45, 7) is 0. The van der Waals surface area contributed by atoms with Gasteiger partial charge in [-0.25, -0.2) is 0 Å². The third-order valence-corrected chi connectivity index (χ3v) is 1.86. The summed E-state index contributed by atoms with van der Waals surface area (Å²) in [6.07, 6.45) is 7.20. The zero-order chi connectivity index (χ0) is 8.10. The van der Waals surface area contributed by atoms with Crippen molar-refractivity contribution < 1.29 is 4.79 Å². The molecule has 0 spiro atoms. The summed E-state index contributed by atoms with van der Waals surface area (Å²) in [5.41, 5.74) is 0. The van der Waals surface area contributed by atoms with Gasteiger partial charge in [0.1, 0.15) is 0 Å². The van der Waals surface area contributed by atoms with Gasteiger partial charge in [-0.2, -0.15) is 0 Å². The number of hydrogen-bond donors (Lipinski definition) is 0. The molecule has 0 radical (unpaired) electrons. The average molecular weight is 211 g/mol. The molecule has 0 amide bonds. The average Bonchev–Trinajstić information content (AvgIpc) is 2.30. The van der Waals surface area contributed by atoms with Crippen LogP contribution < -0.4 is 0 Å². The Balaban J connectivity index is 2.72. The Labute approximate surface area is 74.3 Å². The summed E-state index contributed by atoms with van der Waals surface area (Å²) in [4.78, 5) is 11.1. The molecule has 0 aromatic heterocycles. The summed E-state index contributed by atoms with van der Waals surface area (Å²) in [6, 6.07) is 0. The summed E-state index contributed by atoms with van der Waals surface area (Å²) < 4.78 is 0. The van der Waals surface area contributed by atoms with Crippen LogP contribution in [-0.4, -0.2) is 11.1 Å². The molecule has 0 fully saturated rings. The highest BCUT2D eigenvalue weighted by Gasteiger charge is 2.10.